The molecule has 0 atom stereocenters. The first-order valence-electron chi connectivity index (χ1n) is 7.66. The van der Waals surface area contributed by atoms with E-state index in [0.717, 1.165) is 5.56 Å². The van der Waals surface area contributed by atoms with Gasteiger partial charge in [0.15, 0.2) is 0 Å². The fourth-order valence-corrected chi connectivity index (χ4v) is 3.02. The highest BCUT2D eigenvalue weighted by Crippen LogP contribution is 2.48. The molecule has 2 aromatic carbocycles. The van der Waals surface area contributed by atoms with Gasteiger partial charge in [0.25, 0.3) is 0 Å². The number of carbonyl (C=O) groups excluding carboxylic acids is 2. The number of amides is 2. The topological polar surface area (TPSA) is 58.2 Å². The molecule has 130 valence electrons. The summed E-state index contributed by atoms with van der Waals surface area (Å²) in [5.74, 6) is -0.748. The second-order valence-electron chi connectivity index (χ2n) is 6.05. The average Bonchev–Trinajstić information content (AvgIpc) is 3.37. The van der Waals surface area contributed by atoms with E-state index in [1.165, 1.54) is 0 Å². The van der Waals surface area contributed by atoms with E-state index in [1.54, 1.807) is 30.3 Å². The second kappa shape index (κ2) is 6.87. The van der Waals surface area contributed by atoms with Gasteiger partial charge in [-0.05, 0) is 49.6 Å². The molecule has 0 unspecified atom stereocenters. The molecule has 1 fully saturated rings. The van der Waals surface area contributed by atoms with E-state index in [4.69, 9.17) is 34.8 Å². The molecule has 2 N–H and O–H groups in total. The molecule has 1 saturated carbocycles. The maximum Gasteiger partial charge on any atom is 0.240 e. The lowest BCUT2D eigenvalue weighted by atomic mass is 10.0. The number of rotatable bonds is 4. The van der Waals surface area contributed by atoms with Crippen LogP contribution in [0.5, 0.6) is 0 Å². The van der Waals surface area contributed by atoms with Crippen molar-refractivity contribution in [3.8, 4) is 0 Å². The number of halogens is 3. The van der Waals surface area contributed by atoms with E-state index in [1.807, 2.05) is 13.0 Å². The molecule has 2 amide bonds. The smallest absolute Gasteiger partial charge is 0.240 e. The van der Waals surface area contributed by atoms with Gasteiger partial charge in [-0.25, -0.2) is 0 Å². The van der Waals surface area contributed by atoms with Crippen LogP contribution in [0.4, 0.5) is 11.4 Å². The van der Waals surface area contributed by atoms with Crippen LogP contribution in [0.1, 0.15) is 18.4 Å². The Kier molecular flexibility index (Phi) is 4.96. The lowest BCUT2D eigenvalue weighted by Crippen LogP contribution is -2.35. The molecule has 25 heavy (non-hydrogen) atoms. The number of benzene rings is 2. The minimum atomic E-state index is -1.10. The Bertz CT molecular complexity index is 845. The third-order valence-electron chi connectivity index (χ3n) is 4.27. The first kappa shape index (κ1) is 18.1. The first-order valence-corrected chi connectivity index (χ1v) is 8.80. The molecule has 0 aliphatic heterocycles. The molecule has 0 heterocycles. The van der Waals surface area contributed by atoms with Gasteiger partial charge in [-0.15, -0.1) is 0 Å². The van der Waals surface area contributed by atoms with Gasteiger partial charge in [0, 0.05) is 10.7 Å². The zero-order valence-corrected chi connectivity index (χ0v) is 15.6. The van der Waals surface area contributed by atoms with E-state index in [2.05, 4.69) is 10.6 Å². The SMILES string of the molecule is Cc1ccc(Cl)cc1NC(=O)C1(C(=O)Nc2cccc(Cl)c2Cl)CC1. The van der Waals surface area contributed by atoms with Gasteiger partial charge in [-0.2, -0.15) is 0 Å². The van der Waals surface area contributed by atoms with Crippen molar-refractivity contribution in [3.05, 3.63) is 57.0 Å². The van der Waals surface area contributed by atoms with Gasteiger partial charge in [-0.1, -0.05) is 46.9 Å². The van der Waals surface area contributed by atoms with Crippen LogP contribution in [-0.4, -0.2) is 11.8 Å². The normalized spacial score (nSPS) is 14.7. The number of hydrogen-bond acceptors (Lipinski definition) is 2. The molecule has 4 nitrogen and oxygen atoms in total. The van der Waals surface area contributed by atoms with Crippen LogP contribution in [-0.2, 0) is 9.59 Å². The largest absolute Gasteiger partial charge is 0.325 e. The highest BCUT2D eigenvalue weighted by Gasteiger charge is 2.56. The van der Waals surface area contributed by atoms with Crippen LogP contribution in [0.15, 0.2) is 36.4 Å². The number of nitrogens with one attached hydrogen (secondary N) is 2. The van der Waals surface area contributed by atoms with E-state index >= 15 is 0 Å². The summed E-state index contributed by atoms with van der Waals surface area (Å²) in [7, 11) is 0. The maximum absolute atomic E-state index is 12.7. The number of aryl methyl sites for hydroxylation is 1. The Morgan fingerprint density at radius 1 is 0.960 bits per heavy atom. The third kappa shape index (κ3) is 3.61. The van der Waals surface area contributed by atoms with E-state index in [-0.39, 0.29) is 10.9 Å². The first-order chi connectivity index (χ1) is 11.8. The highest BCUT2D eigenvalue weighted by molar-refractivity contribution is 6.44. The van der Waals surface area contributed by atoms with Gasteiger partial charge in [0.1, 0.15) is 5.41 Å². The standard InChI is InChI=1S/C18H15Cl3N2O2/c1-10-5-6-11(19)9-14(10)23-17(25)18(7-8-18)16(24)22-13-4-2-3-12(20)15(13)21/h2-6,9H,7-8H2,1H3,(H,22,24)(H,23,25). The van der Waals surface area contributed by atoms with Crippen molar-refractivity contribution in [2.24, 2.45) is 5.41 Å². The third-order valence-corrected chi connectivity index (χ3v) is 5.32. The van der Waals surface area contributed by atoms with Gasteiger partial charge in [-0.3, -0.25) is 9.59 Å². The Morgan fingerprint density at radius 3 is 2.24 bits per heavy atom. The summed E-state index contributed by atoms with van der Waals surface area (Å²) in [6.45, 7) is 1.86. The predicted octanol–water partition coefficient (Wildman–Crippen LogP) is 5.31. The predicted molar refractivity (Wildman–Crippen MR) is 102 cm³/mol. The van der Waals surface area contributed by atoms with Crippen LogP contribution in [0.25, 0.3) is 0 Å². The summed E-state index contributed by atoms with van der Waals surface area (Å²) in [6, 6.07) is 10.2. The van der Waals surface area contributed by atoms with Crippen molar-refractivity contribution in [2.45, 2.75) is 19.8 Å². The lowest BCUT2D eigenvalue weighted by molar-refractivity contribution is -0.131. The molecule has 3 rings (SSSR count). The zero-order chi connectivity index (χ0) is 18.2. The average molecular weight is 398 g/mol. The number of anilines is 2. The molecule has 7 heteroatoms. The highest BCUT2D eigenvalue weighted by atomic mass is 35.5. The van der Waals surface area contributed by atoms with Gasteiger partial charge in [0.2, 0.25) is 11.8 Å². The maximum atomic E-state index is 12.7. The van der Waals surface area contributed by atoms with E-state index < -0.39 is 11.3 Å². The molecule has 0 spiro atoms. The van der Waals surface area contributed by atoms with Crippen molar-refractivity contribution in [3.63, 3.8) is 0 Å². The van der Waals surface area contributed by atoms with E-state index in [9.17, 15) is 9.59 Å². The van der Waals surface area contributed by atoms with Gasteiger partial charge in [0.05, 0.1) is 15.7 Å². The van der Waals surface area contributed by atoms with Crippen LogP contribution in [0.3, 0.4) is 0 Å². The fraction of sp³-hybridized carbons (Fsp3) is 0.222. The fourth-order valence-electron chi connectivity index (χ4n) is 2.50. The summed E-state index contributed by atoms with van der Waals surface area (Å²) in [4.78, 5) is 25.3. The van der Waals surface area contributed by atoms with Crippen molar-refractivity contribution >= 4 is 58.0 Å². The Hall–Kier alpha value is -1.75. The monoisotopic (exact) mass is 396 g/mol. The number of carbonyl (C=O) groups is 2. The van der Waals surface area contributed by atoms with Gasteiger partial charge >= 0.3 is 0 Å². The summed E-state index contributed by atoms with van der Waals surface area (Å²) in [6.07, 6.45) is 0.949. The molecule has 1 aliphatic carbocycles. The molecule has 0 saturated heterocycles. The lowest BCUT2D eigenvalue weighted by Gasteiger charge is -2.17. The molecule has 0 aromatic heterocycles. The summed E-state index contributed by atoms with van der Waals surface area (Å²) in [5, 5.41) is 6.61. The second-order valence-corrected chi connectivity index (χ2v) is 7.27. The molecular formula is C18H15Cl3N2O2. The van der Waals surface area contributed by atoms with Crippen molar-refractivity contribution in [1.29, 1.82) is 0 Å². The molecule has 2 aromatic rings. The van der Waals surface area contributed by atoms with Crippen LogP contribution >= 0.6 is 34.8 Å². The van der Waals surface area contributed by atoms with Crippen LogP contribution in [0, 0.1) is 12.3 Å². The quantitative estimate of drug-likeness (QED) is 0.687. The Balaban J connectivity index is 1.77. The summed E-state index contributed by atoms with van der Waals surface area (Å²) >= 11 is 18.0. The zero-order valence-electron chi connectivity index (χ0n) is 13.3. The Morgan fingerprint density at radius 2 is 1.60 bits per heavy atom. The van der Waals surface area contributed by atoms with Crippen LogP contribution in [0.2, 0.25) is 15.1 Å². The number of hydrogen-bond donors (Lipinski definition) is 2. The van der Waals surface area contributed by atoms with Crippen LogP contribution < -0.4 is 10.6 Å². The molecule has 0 bridgehead atoms. The van der Waals surface area contributed by atoms with Crippen molar-refractivity contribution < 1.29 is 9.59 Å². The summed E-state index contributed by atoms with van der Waals surface area (Å²) in [5.41, 5.74) is 0.752. The van der Waals surface area contributed by atoms with Gasteiger partial charge < -0.3 is 10.6 Å². The Labute approximate surface area is 160 Å². The minimum Gasteiger partial charge on any atom is -0.325 e. The molecule has 1 aliphatic rings. The molecular weight excluding hydrogens is 383 g/mol. The minimum absolute atomic E-state index is 0.249. The summed E-state index contributed by atoms with van der Waals surface area (Å²) < 4.78 is 0. The molecule has 0 radical (unpaired) electrons. The van der Waals surface area contributed by atoms with Crippen molar-refractivity contribution in [1.82, 2.24) is 0 Å². The van der Waals surface area contributed by atoms with Crippen molar-refractivity contribution in [2.75, 3.05) is 10.6 Å². The van der Waals surface area contributed by atoms with E-state index in [0.29, 0.717) is 34.3 Å².